The molecule has 0 aliphatic heterocycles. The van der Waals surface area contributed by atoms with Crippen molar-refractivity contribution in [2.75, 3.05) is 0 Å². The molecule has 0 amide bonds. The van der Waals surface area contributed by atoms with Crippen molar-refractivity contribution in [3.63, 3.8) is 0 Å². The van der Waals surface area contributed by atoms with E-state index in [9.17, 15) is 9.59 Å². The summed E-state index contributed by atoms with van der Waals surface area (Å²) in [5.74, 6) is 0.0397. The Morgan fingerprint density at radius 2 is 1.80 bits per heavy atom. The third-order valence-corrected chi connectivity index (χ3v) is 3.83. The lowest BCUT2D eigenvalue weighted by Gasteiger charge is -2.01. The van der Waals surface area contributed by atoms with E-state index in [0.29, 0.717) is 12.0 Å². The first kappa shape index (κ1) is 12.6. The fraction of sp³-hybridized carbons (Fsp3) is 0.273. The van der Waals surface area contributed by atoms with Crippen molar-refractivity contribution in [1.82, 2.24) is 0 Å². The zero-order chi connectivity index (χ0) is 11.4. The summed E-state index contributed by atoms with van der Waals surface area (Å²) in [6, 6.07) is 5.31. The minimum Gasteiger partial charge on any atom is -0.300 e. The predicted octanol–water partition coefficient (Wildman–Crippen LogP) is 3.76. The monoisotopic (exact) mass is 332 g/mol. The molecule has 80 valence electrons. The molecule has 0 aliphatic carbocycles. The van der Waals surface area contributed by atoms with Crippen molar-refractivity contribution >= 4 is 43.4 Å². The van der Waals surface area contributed by atoms with Gasteiger partial charge in [-0.3, -0.25) is 4.79 Å². The number of carbonyl (C=O) groups excluding carboxylic acids is 2. The molecule has 0 saturated carbocycles. The van der Waals surface area contributed by atoms with E-state index in [-0.39, 0.29) is 18.0 Å². The molecule has 0 fully saturated rings. The summed E-state index contributed by atoms with van der Waals surface area (Å²) in [7, 11) is 0. The van der Waals surface area contributed by atoms with Crippen molar-refractivity contribution in [2.24, 2.45) is 0 Å². The first-order valence-corrected chi connectivity index (χ1v) is 6.07. The molecule has 0 N–H and O–H groups in total. The fourth-order valence-electron chi connectivity index (χ4n) is 1.10. The topological polar surface area (TPSA) is 34.1 Å². The van der Waals surface area contributed by atoms with Crippen LogP contribution in [0.25, 0.3) is 0 Å². The number of Topliss-reactive ketones (excluding diaryl/α,β-unsaturated/α-hetero) is 2. The number of benzene rings is 1. The molecule has 1 aromatic carbocycles. The van der Waals surface area contributed by atoms with Gasteiger partial charge in [0.25, 0.3) is 0 Å². The number of ketones is 2. The van der Waals surface area contributed by atoms with Crippen LogP contribution in [-0.4, -0.2) is 11.6 Å². The van der Waals surface area contributed by atoms with Crippen LogP contribution in [0.2, 0.25) is 0 Å². The third-order valence-electron chi connectivity index (χ3n) is 1.95. The first-order chi connectivity index (χ1) is 7.00. The Bertz CT molecular complexity index is 400. The van der Waals surface area contributed by atoms with Gasteiger partial charge in [0, 0.05) is 27.4 Å². The highest BCUT2D eigenvalue weighted by Crippen LogP contribution is 2.24. The average molecular weight is 334 g/mol. The van der Waals surface area contributed by atoms with Crippen LogP contribution < -0.4 is 0 Å². The molecule has 2 nitrogen and oxygen atoms in total. The molecule has 4 heteroatoms. The minimum absolute atomic E-state index is 0.00148. The Kier molecular flexibility index (Phi) is 4.67. The number of carbonyl (C=O) groups is 2. The van der Waals surface area contributed by atoms with Gasteiger partial charge >= 0.3 is 0 Å². The molecule has 0 atom stereocenters. The molecular weight excluding hydrogens is 324 g/mol. The number of hydrogen-bond acceptors (Lipinski definition) is 2. The van der Waals surface area contributed by atoms with E-state index in [4.69, 9.17) is 0 Å². The molecule has 0 saturated heterocycles. The van der Waals surface area contributed by atoms with Gasteiger partial charge in [0.1, 0.15) is 5.78 Å². The smallest absolute Gasteiger partial charge is 0.163 e. The zero-order valence-electron chi connectivity index (χ0n) is 8.22. The Labute approximate surface area is 105 Å². The highest BCUT2D eigenvalue weighted by Gasteiger charge is 2.08. The van der Waals surface area contributed by atoms with E-state index in [1.54, 1.807) is 12.1 Å². The van der Waals surface area contributed by atoms with Crippen LogP contribution in [0.1, 0.15) is 30.1 Å². The summed E-state index contributed by atoms with van der Waals surface area (Å²) in [6.45, 7) is 1.49. The van der Waals surface area contributed by atoms with Crippen molar-refractivity contribution in [2.45, 2.75) is 19.8 Å². The van der Waals surface area contributed by atoms with E-state index >= 15 is 0 Å². The second-order valence-corrected chi connectivity index (χ2v) is 4.96. The summed E-state index contributed by atoms with van der Waals surface area (Å²) in [5, 5.41) is 0. The molecule has 0 radical (unpaired) electrons. The predicted molar refractivity (Wildman–Crippen MR) is 66.1 cm³/mol. The van der Waals surface area contributed by atoms with Gasteiger partial charge < -0.3 is 4.79 Å². The summed E-state index contributed by atoms with van der Waals surface area (Å²) < 4.78 is 1.75. The maximum Gasteiger partial charge on any atom is 0.163 e. The second kappa shape index (κ2) is 5.56. The van der Waals surface area contributed by atoms with Crippen LogP contribution in [0.5, 0.6) is 0 Å². The number of hydrogen-bond donors (Lipinski definition) is 0. The number of rotatable bonds is 4. The van der Waals surface area contributed by atoms with Gasteiger partial charge in [-0.25, -0.2) is 0 Å². The second-order valence-electron chi connectivity index (χ2n) is 3.25. The zero-order valence-corrected chi connectivity index (χ0v) is 11.4. The van der Waals surface area contributed by atoms with Crippen LogP contribution in [0.15, 0.2) is 27.1 Å². The lowest BCUT2D eigenvalue weighted by atomic mass is 10.1. The molecular formula is C11H10Br2O2. The van der Waals surface area contributed by atoms with Crippen molar-refractivity contribution in [3.05, 3.63) is 32.7 Å². The molecule has 0 aromatic heterocycles. The van der Waals surface area contributed by atoms with Crippen LogP contribution in [-0.2, 0) is 4.79 Å². The van der Waals surface area contributed by atoms with Crippen LogP contribution in [0.4, 0.5) is 0 Å². The Hall–Kier alpha value is -0.480. The lowest BCUT2D eigenvalue weighted by molar-refractivity contribution is -0.116. The molecule has 0 aliphatic rings. The summed E-state index contributed by atoms with van der Waals surface area (Å²) in [4.78, 5) is 22.4. The quantitative estimate of drug-likeness (QED) is 0.786. The Morgan fingerprint density at radius 3 is 2.33 bits per heavy atom. The van der Waals surface area contributed by atoms with Crippen LogP contribution in [0, 0.1) is 0 Å². The molecule has 15 heavy (non-hydrogen) atoms. The highest BCUT2D eigenvalue weighted by molar-refractivity contribution is 9.13. The van der Waals surface area contributed by atoms with E-state index in [2.05, 4.69) is 31.9 Å². The molecule has 0 spiro atoms. The van der Waals surface area contributed by atoms with E-state index in [1.807, 2.05) is 6.07 Å². The van der Waals surface area contributed by atoms with Gasteiger partial charge in [0.15, 0.2) is 5.78 Å². The normalized spacial score (nSPS) is 10.1. The van der Waals surface area contributed by atoms with Crippen LogP contribution >= 0.6 is 31.9 Å². The van der Waals surface area contributed by atoms with E-state index in [1.165, 1.54) is 6.92 Å². The number of halogens is 2. The van der Waals surface area contributed by atoms with E-state index < -0.39 is 0 Å². The van der Waals surface area contributed by atoms with Crippen molar-refractivity contribution < 1.29 is 9.59 Å². The van der Waals surface area contributed by atoms with Gasteiger partial charge in [-0.1, -0.05) is 6.07 Å². The summed E-state index contributed by atoms with van der Waals surface area (Å²) in [6.07, 6.45) is 0.593. The molecule has 1 rings (SSSR count). The fourth-order valence-corrected chi connectivity index (χ4v) is 1.73. The molecule has 0 heterocycles. The van der Waals surface area contributed by atoms with Crippen LogP contribution in [0.3, 0.4) is 0 Å². The molecule has 0 unspecified atom stereocenters. The average Bonchev–Trinajstić information content (AvgIpc) is 2.18. The summed E-state index contributed by atoms with van der Waals surface area (Å²) >= 11 is 6.66. The standard InChI is InChI=1S/C11H10Br2O2/c1-7(14)2-5-11(15)8-3-4-9(12)10(13)6-8/h3-4,6H,2,5H2,1H3. The summed E-state index contributed by atoms with van der Waals surface area (Å²) in [5.41, 5.74) is 0.631. The minimum atomic E-state index is -0.00148. The van der Waals surface area contributed by atoms with Gasteiger partial charge in [-0.15, -0.1) is 0 Å². The Balaban J connectivity index is 2.74. The van der Waals surface area contributed by atoms with Gasteiger partial charge in [-0.2, -0.15) is 0 Å². The maximum atomic E-state index is 11.6. The Morgan fingerprint density at radius 1 is 1.13 bits per heavy atom. The van der Waals surface area contributed by atoms with E-state index in [0.717, 1.165) is 8.95 Å². The van der Waals surface area contributed by atoms with Gasteiger partial charge in [-0.05, 0) is 50.9 Å². The third kappa shape index (κ3) is 3.87. The highest BCUT2D eigenvalue weighted by atomic mass is 79.9. The molecule has 0 bridgehead atoms. The van der Waals surface area contributed by atoms with Gasteiger partial charge in [0.2, 0.25) is 0 Å². The largest absolute Gasteiger partial charge is 0.300 e. The lowest BCUT2D eigenvalue weighted by Crippen LogP contribution is -2.02. The maximum absolute atomic E-state index is 11.6. The van der Waals surface area contributed by atoms with Crippen molar-refractivity contribution in [1.29, 1.82) is 0 Å². The molecule has 1 aromatic rings. The first-order valence-electron chi connectivity index (χ1n) is 4.48. The SMILES string of the molecule is CC(=O)CCC(=O)c1ccc(Br)c(Br)c1. The van der Waals surface area contributed by atoms with Crippen molar-refractivity contribution in [3.8, 4) is 0 Å². The van der Waals surface area contributed by atoms with Gasteiger partial charge in [0.05, 0.1) is 0 Å².